The molecule has 1 saturated heterocycles. The van der Waals surface area contributed by atoms with E-state index in [4.69, 9.17) is 4.74 Å². The van der Waals surface area contributed by atoms with Crippen molar-refractivity contribution in [3.63, 3.8) is 0 Å². The number of hydrogen-bond donors (Lipinski definition) is 2. The summed E-state index contributed by atoms with van der Waals surface area (Å²) in [6.07, 6.45) is -0.118. The smallest absolute Gasteiger partial charge is 0.240 e. The lowest BCUT2D eigenvalue weighted by molar-refractivity contribution is -0.129. The second-order valence-corrected chi connectivity index (χ2v) is 6.56. The summed E-state index contributed by atoms with van der Waals surface area (Å²) in [7, 11) is 0. The first kappa shape index (κ1) is 16.1. The number of aromatic nitrogens is 1. The molecule has 1 aliphatic rings. The summed E-state index contributed by atoms with van der Waals surface area (Å²) in [6, 6.07) is 9.62. The molecule has 23 heavy (non-hydrogen) atoms. The lowest BCUT2D eigenvalue weighted by Crippen LogP contribution is -2.55. The Morgan fingerprint density at radius 1 is 1.43 bits per heavy atom. The van der Waals surface area contributed by atoms with Gasteiger partial charge in [-0.1, -0.05) is 30.3 Å². The molecule has 3 rings (SSSR count). The zero-order valence-corrected chi connectivity index (χ0v) is 14.1. The topological polar surface area (TPSA) is 63.2 Å². The third-order valence-corrected chi connectivity index (χ3v) is 4.95. The third-order valence-electron chi connectivity index (χ3n) is 3.92. The van der Waals surface area contributed by atoms with Crippen LogP contribution in [0.3, 0.4) is 0 Å². The molecule has 0 radical (unpaired) electrons. The van der Waals surface area contributed by atoms with Gasteiger partial charge in [-0.15, -0.1) is 11.3 Å². The third kappa shape index (κ3) is 3.77. The molecule has 1 aliphatic heterocycles. The van der Waals surface area contributed by atoms with Crippen LogP contribution in [-0.4, -0.2) is 36.2 Å². The highest BCUT2D eigenvalue weighted by molar-refractivity contribution is 7.10. The molecular formula is C17H21N3O2S. The number of ether oxygens (including phenoxy) is 1. The van der Waals surface area contributed by atoms with Crippen molar-refractivity contribution in [2.75, 3.05) is 13.2 Å². The first-order valence-corrected chi connectivity index (χ1v) is 8.69. The minimum absolute atomic E-state index is 0.0406. The maximum absolute atomic E-state index is 12.4. The van der Waals surface area contributed by atoms with Crippen molar-refractivity contribution in [2.24, 2.45) is 0 Å². The van der Waals surface area contributed by atoms with E-state index < -0.39 is 0 Å². The highest BCUT2D eigenvalue weighted by atomic mass is 32.1. The van der Waals surface area contributed by atoms with Crippen LogP contribution >= 0.6 is 11.3 Å². The van der Waals surface area contributed by atoms with E-state index in [-0.39, 0.29) is 24.1 Å². The lowest BCUT2D eigenvalue weighted by atomic mass is 10.1. The number of amides is 1. The highest BCUT2D eigenvalue weighted by Crippen LogP contribution is 2.25. The molecule has 1 aromatic heterocycles. The summed E-state index contributed by atoms with van der Waals surface area (Å²) in [5.41, 5.74) is 2.03. The first-order chi connectivity index (χ1) is 11.1. The van der Waals surface area contributed by atoms with Gasteiger partial charge in [0.2, 0.25) is 5.91 Å². The van der Waals surface area contributed by atoms with Crippen LogP contribution in [0.25, 0.3) is 11.3 Å². The van der Waals surface area contributed by atoms with E-state index in [1.165, 1.54) is 0 Å². The molecule has 0 spiro atoms. The number of morpholine rings is 1. The Morgan fingerprint density at radius 3 is 2.96 bits per heavy atom. The van der Waals surface area contributed by atoms with Gasteiger partial charge in [0.05, 0.1) is 24.4 Å². The maximum Gasteiger partial charge on any atom is 0.240 e. The molecular weight excluding hydrogens is 310 g/mol. The van der Waals surface area contributed by atoms with Crippen molar-refractivity contribution in [3.05, 3.63) is 40.7 Å². The zero-order valence-electron chi connectivity index (χ0n) is 13.3. The Labute approximate surface area is 140 Å². The van der Waals surface area contributed by atoms with Crippen LogP contribution < -0.4 is 10.6 Å². The molecule has 2 aromatic rings. The van der Waals surface area contributed by atoms with Gasteiger partial charge in [-0.3, -0.25) is 4.79 Å². The minimum atomic E-state index is -0.306. The van der Waals surface area contributed by atoms with Crippen molar-refractivity contribution in [1.29, 1.82) is 0 Å². The molecule has 0 aliphatic carbocycles. The largest absolute Gasteiger partial charge is 0.375 e. The number of nitrogens with zero attached hydrogens (tertiary/aromatic N) is 1. The number of benzene rings is 1. The quantitative estimate of drug-likeness (QED) is 0.903. The molecule has 1 aromatic carbocycles. The van der Waals surface area contributed by atoms with Gasteiger partial charge >= 0.3 is 0 Å². The predicted octanol–water partition coefficient (Wildman–Crippen LogP) is 2.36. The van der Waals surface area contributed by atoms with Crippen LogP contribution in [0, 0.1) is 0 Å². The Kier molecular flexibility index (Phi) is 5.05. The number of nitrogens with one attached hydrogen (secondary N) is 2. The number of thiazole rings is 1. The van der Waals surface area contributed by atoms with Gasteiger partial charge in [-0.25, -0.2) is 4.98 Å². The van der Waals surface area contributed by atoms with Crippen LogP contribution in [0.4, 0.5) is 0 Å². The average molecular weight is 331 g/mol. The van der Waals surface area contributed by atoms with Crippen LogP contribution in [0.2, 0.25) is 0 Å². The number of hydrogen-bond acceptors (Lipinski definition) is 5. The first-order valence-electron chi connectivity index (χ1n) is 7.81. The van der Waals surface area contributed by atoms with Gasteiger partial charge in [0.15, 0.2) is 0 Å². The van der Waals surface area contributed by atoms with Crippen LogP contribution in [0.5, 0.6) is 0 Å². The second-order valence-electron chi connectivity index (χ2n) is 5.67. The molecule has 122 valence electrons. The summed E-state index contributed by atoms with van der Waals surface area (Å²) in [4.78, 5) is 17.0. The fraction of sp³-hybridized carbons (Fsp3) is 0.412. The highest BCUT2D eigenvalue weighted by Gasteiger charge is 2.29. The van der Waals surface area contributed by atoms with Crippen molar-refractivity contribution in [3.8, 4) is 11.3 Å². The molecule has 5 nitrogen and oxygen atoms in total. The Morgan fingerprint density at radius 2 is 2.22 bits per heavy atom. The molecule has 2 heterocycles. The van der Waals surface area contributed by atoms with E-state index in [2.05, 4.69) is 15.6 Å². The Bertz CT molecular complexity index is 659. The second kappa shape index (κ2) is 7.21. The fourth-order valence-corrected chi connectivity index (χ4v) is 3.46. The molecule has 1 amide bonds. The van der Waals surface area contributed by atoms with Crippen molar-refractivity contribution in [2.45, 2.75) is 32.0 Å². The fourth-order valence-electron chi connectivity index (χ4n) is 2.62. The molecule has 1 unspecified atom stereocenters. The maximum atomic E-state index is 12.4. The number of carbonyl (C=O) groups is 1. The van der Waals surface area contributed by atoms with E-state index in [1.54, 1.807) is 11.3 Å². The van der Waals surface area contributed by atoms with E-state index in [1.807, 2.05) is 49.6 Å². The standard InChI is InChI=1S/C17H21N3O2S/c1-11(19-16(21)15-12(2)22-9-8-18-15)17-20-14(10-23-17)13-6-4-3-5-7-13/h3-7,10-12,15,18H,8-9H2,1-2H3,(H,19,21)/t11?,12-,15+/m1/s1. The molecule has 2 N–H and O–H groups in total. The SMILES string of the molecule is CC(NC(=O)[C@H]1NCCO[C@@H]1C)c1nc(-c2ccccc2)cs1. The lowest BCUT2D eigenvalue weighted by Gasteiger charge is -2.30. The van der Waals surface area contributed by atoms with Crippen molar-refractivity contribution in [1.82, 2.24) is 15.6 Å². The van der Waals surface area contributed by atoms with Gasteiger partial charge in [0.25, 0.3) is 0 Å². The molecule has 6 heteroatoms. The monoisotopic (exact) mass is 331 g/mol. The number of rotatable bonds is 4. The zero-order chi connectivity index (χ0) is 16.2. The van der Waals surface area contributed by atoms with Crippen LogP contribution in [0.15, 0.2) is 35.7 Å². The van der Waals surface area contributed by atoms with Crippen LogP contribution in [-0.2, 0) is 9.53 Å². The van der Waals surface area contributed by atoms with E-state index in [9.17, 15) is 4.79 Å². The summed E-state index contributed by atoms with van der Waals surface area (Å²) < 4.78 is 5.52. The average Bonchev–Trinajstić information content (AvgIpc) is 3.06. The summed E-state index contributed by atoms with van der Waals surface area (Å²) in [5, 5.41) is 9.16. The van der Waals surface area contributed by atoms with E-state index in [0.29, 0.717) is 13.2 Å². The van der Waals surface area contributed by atoms with Gasteiger partial charge in [-0.2, -0.15) is 0 Å². The van der Waals surface area contributed by atoms with Crippen LogP contribution in [0.1, 0.15) is 24.9 Å². The minimum Gasteiger partial charge on any atom is -0.375 e. The van der Waals surface area contributed by atoms with Gasteiger partial charge < -0.3 is 15.4 Å². The number of carbonyl (C=O) groups excluding carboxylic acids is 1. The summed E-state index contributed by atoms with van der Waals surface area (Å²) >= 11 is 1.56. The van der Waals surface area contributed by atoms with Gasteiger partial charge in [0.1, 0.15) is 11.0 Å². The van der Waals surface area contributed by atoms with Gasteiger partial charge in [-0.05, 0) is 13.8 Å². The van der Waals surface area contributed by atoms with E-state index in [0.717, 1.165) is 16.3 Å². The van der Waals surface area contributed by atoms with Crippen molar-refractivity contribution >= 4 is 17.2 Å². The molecule has 1 fully saturated rings. The molecule has 3 atom stereocenters. The Hall–Kier alpha value is -1.76. The van der Waals surface area contributed by atoms with Crippen molar-refractivity contribution < 1.29 is 9.53 Å². The predicted molar refractivity (Wildman–Crippen MR) is 91.3 cm³/mol. The van der Waals surface area contributed by atoms with Gasteiger partial charge in [0, 0.05) is 17.5 Å². The normalized spacial score (nSPS) is 22.5. The Balaban J connectivity index is 1.65. The summed E-state index contributed by atoms with van der Waals surface area (Å²) in [6.45, 7) is 5.22. The van der Waals surface area contributed by atoms with E-state index >= 15 is 0 Å². The molecule has 0 saturated carbocycles. The summed E-state index contributed by atoms with van der Waals surface area (Å²) in [5.74, 6) is -0.0406. The molecule has 0 bridgehead atoms.